The highest BCUT2D eigenvalue weighted by Gasteiger charge is 2.32. The number of thiophene rings is 2. The highest BCUT2D eigenvalue weighted by molar-refractivity contribution is 7.91. The van der Waals surface area contributed by atoms with Crippen molar-refractivity contribution in [1.29, 1.82) is 0 Å². The van der Waals surface area contributed by atoms with Gasteiger partial charge in [0.05, 0.1) is 21.2 Å². The second-order valence-corrected chi connectivity index (χ2v) is 11.4. The van der Waals surface area contributed by atoms with E-state index in [9.17, 15) is 18.0 Å². The lowest BCUT2D eigenvalue weighted by Crippen LogP contribution is -2.50. The molecule has 11 heteroatoms. The SMILES string of the molecule is O=C(Nc1ccccc1C(=O)N1CCN(S(=O)(=O)c2ccc(Cl)s2)CC1)c1ccsc1. The first-order valence-corrected chi connectivity index (χ1v) is 12.9. The van der Waals surface area contributed by atoms with Crippen molar-refractivity contribution in [3.8, 4) is 0 Å². The molecule has 31 heavy (non-hydrogen) atoms. The van der Waals surface area contributed by atoms with E-state index in [0.717, 1.165) is 11.3 Å². The van der Waals surface area contributed by atoms with E-state index in [1.165, 1.54) is 21.7 Å². The van der Waals surface area contributed by atoms with Crippen LogP contribution in [0.15, 0.2) is 57.4 Å². The number of para-hydroxylation sites is 1. The average Bonchev–Trinajstić information content (AvgIpc) is 3.46. The van der Waals surface area contributed by atoms with E-state index in [2.05, 4.69) is 5.32 Å². The summed E-state index contributed by atoms with van der Waals surface area (Å²) in [5.41, 5.74) is 1.32. The van der Waals surface area contributed by atoms with Crippen LogP contribution in [0.1, 0.15) is 20.7 Å². The minimum Gasteiger partial charge on any atom is -0.336 e. The quantitative estimate of drug-likeness (QED) is 0.582. The van der Waals surface area contributed by atoms with Crippen molar-refractivity contribution in [3.63, 3.8) is 0 Å². The number of nitrogens with one attached hydrogen (secondary N) is 1. The maximum absolute atomic E-state index is 13.1. The van der Waals surface area contributed by atoms with Crippen LogP contribution >= 0.6 is 34.3 Å². The molecule has 0 unspecified atom stereocenters. The molecular weight excluding hydrogens is 478 g/mol. The first-order valence-electron chi connectivity index (χ1n) is 9.33. The Balaban J connectivity index is 1.45. The minimum absolute atomic E-state index is 0.188. The predicted octanol–water partition coefficient (Wildman–Crippen LogP) is 3.86. The number of benzene rings is 1. The third kappa shape index (κ3) is 4.68. The lowest BCUT2D eigenvalue weighted by molar-refractivity contribution is 0.0699. The number of piperazine rings is 1. The van der Waals surface area contributed by atoms with Gasteiger partial charge in [0.2, 0.25) is 0 Å². The molecule has 7 nitrogen and oxygen atoms in total. The average molecular weight is 496 g/mol. The summed E-state index contributed by atoms with van der Waals surface area (Å²) in [5, 5.41) is 6.34. The van der Waals surface area contributed by atoms with E-state index >= 15 is 0 Å². The number of anilines is 1. The van der Waals surface area contributed by atoms with Crippen LogP contribution in [-0.4, -0.2) is 55.6 Å². The van der Waals surface area contributed by atoms with Crippen LogP contribution in [0.3, 0.4) is 0 Å². The Morgan fingerprint density at radius 3 is 2.39 bits per heavy atom. The van der Waals surface area contributed by atoms with Crippen LogP contribution in [0.4, 0.5) is 5.69 Å². The normalized spacial score (nSPS) is 15.1. The molecule has 2 aromatic heterocycles. The van der Waals surface area contributed by atoms with E-state index in [-0.39, 0.29) is 42.2 Å². The van der Waals surface area contributed by atoms with Crippen LogP contribution in [0.25, 0.3) is 0 Å². The van der Waals surface area contributed by atoms with Gasteiger partial charge >= 0.3 is 0 Å². The van der Waals surface area contributed by atoms with E-state index < -0.39 is 10.0 Å². The van der Waals surface area contributed by atoms with E-state index in [4.69, 9.17) is 11.6 Å². The van der Waals surface area contributed by atoms with E-state index in [1.807, 2.05) is 5.38 Å². The van der Waals surface area contributed by atoms with E-state index in [0.29, 0.717) is 21.2 Å². The van der Waals surface area contributed by atoms with Gasteiger partial charge in [0.15, 0.2) is 0 Å². The Hall–Kier alpha value is -2.24. The number of amides is 2. The van der Waals surface area contributed by atoms with Crippen molar-refractivity contribution in [2.75, 3.05) is 31.5 Å². The van der Waals surface area contributed by atoms with E-state index in [1.54, 1.807) is 46.7 Å². The minimum atomic E-state index is -3.63. The molecule has 2 amide bonds. The third-order valence-corrected chi connectivity index (χ3v) is 9.14. The lowest BCUT2D eigenvalue weighted by Gasteiger charge is -2.34. The first kappa shape index (κ1) is 22.0. The molecule has 1 N–H and O–H groups in total. The molecule has 4 rings (SSSR count). The van der Waals surface area contributed by atoms with Gasteiger partial charge in [-0.2, -0.15) is 15.6 Å². The lowest BCUT2D eigenvalue weighted by atomic mass is 10.1. The summed E-state index contributed by atoms with van der Waals surface area (Å²) in [5.74, 6) is -0.538. The molecule has 0 spiro atoms. The Labute approximate surface area is 192 Å². The summed E-state index contributed by atoms with van der Waals surface area (Å²) in [6.45, 7) is 0.883. The number of sulfonamides is 1. The molecule has 162 valence electrons. The van der Waals surface area contributed by atoms with Crippen LogP contribution in [0, 0.1) is 0 Å². The second-order valence-electron chi connectivity index (χ2n) is 6.77. The van der Waals surface area contributed by atoms with Crippen molar-refractivity contribution in [2.45, 2.75) is 4.21 Å². The molecule has 0 atom stereocenters. The van der Waals surface area contributed by atoms with Gasteiger partial charge in [0.25, 0.3) is 21.8 Å². The smallest absolute Gasteiger partial charge is 0.256 e. The number of rotatable bonds is 5. The van der Waals surface area contributed by atoms with Crippen LogP contribution in [0.2, 0.25) is 4.34 Å². The molecular formula is C20H18ClN3O4S3. The Morgan fingerprint density at radius 2 is 1.74 bits per heavy atom. The second kappa shape index (κ2) is 9.09. The zero-order valence-electron chi connectivity index (χ0n) is 16.2. The molecule has 1 aliphatic rings. The van der Waals surface area contributed by atoms with Gasteiger partial charge in [0, 0.05) is 31.6 Å². The monoisotopic (exact) mass is 495 g/mol. The number of nitrogens with zero attached hydrogens (tertiary/aromatic N) is 2. The molecule has 1 saturated heterocycles. The third-order valence-electron chi connectivity index (χ3n) is 4.86. The van der Waals surface area contributed by atoms with Gasteiger partial charge in [-0.1, -0.05) is 23.7 Å². The van der Waals surface area contributed by atoms with Crippen LogP contribution in [0.5, 0.6) is 0 Å². The number of carbonyl (C=O) groups excluding carboxylic acids is 2. The Kier molecular flexibility index (Phi) is 6.44. The molecule has 0 bridgehead atoms. The fraction of sp³-hybridized carbons (Fsp3) is 0.200. The van der Waals surface area contributed by atoms with Crippen molar-refractivity contribution in [3.05, 3.63) is 68.7 Å². The molecule has 1 aliphatic heterocycles. The summed E-state index contributed by atoms with van der Waals surface area (Å²) in [6, 6.07) is 11.6. The number of carbonyl (C=O) groups is 2. The topological polar surface area (TPSA) is 86.8 Å². The highest BCUT2D eigenvalue weighted by Crippen LogP contribution is 2.29. The molecule has 1 aromatic carbocycles. The Morgan fingerprint density at radius 1 is 1.00 bits per heavy atom. The summed E-state index contributed by atoms with van der Waals surface area (Å²) < 4.78 is 27.5. The number of hydrogen-bond donors (Lipinski definition) is 1. The summed E-state index contributed by atoms with van der Waals surface area (Å²) in [6.07, 6.45) is 0. The van der Waals surface area contributed by atoms with Gasteiger partial charge in [-0.25, -0.2) is 8.42 Å². The predicted molar refractivity (Wildman–Crippen MR) is 123 cm³/mol. The molecule has 0 aliphatic carbocycles. The maximum atomic E-state index is 13.1. The van der Waals surface area contributed by atoms with Crippen molar-refractivity contribution >= 4 is 61.8 Å². The fourth-order valence-electron chi connectivity index (χ4n) is 3.23. The Bertz CT molecular complexity index is 1200. The van der Waals surface area contributed by atoms with Gasteiger partial charge in [-0.05, 0) is 35.7 Å². The zero-order valence-corrected chi connectivity index (χ0v) is 19.4. The van der Waals surface area contributed by atoms with Gasteiger partial charge < -0.3 is 10.2 Å². The molecule has 0 radical (unpaired) electrons. The van der Waals surface area contributed by atoms with Gasteiger partial charge in [-0.3, -0.25) is 9.59 Å². The zero-order chi connectivity index (χ0) is 22.0. The largest absolute Gasteiger partial charge is 0.336 e. The summed E-state index contributed by atoms with van der Waals surface area (Å²) in [4.78, 5) is 27.1. The maximum Gasteiger partial charge on any atom is 0.256 e. The van der Waals surface area contributed by atoms with Crippen molar-refractivity contribution < 1.29 is 18.0 Å². The van der Waals surface area contributed by atoms with Crippen LogP contribution < -0.4 is 5.32 Å². The van der Waals surface area contributed by atoms with Crippen molar-refractivity contribution in [2.24, 2.45) is 0 Å². The first-order chi connectivity index (χ1) is 14.9. The van der Waals surface area contributed by atoms with Gasteiger partial charge in [-0.15, -0.1) is 11.3 Å². The standard InChI is InChI=1S/C20H18ClN3O4S3/c21-17-5-6-18(30-17)31(27,28)24-10-8-23(9-11-24)20(26)15-3-1-2-4-16(15)22-19(25)14-7-12-29-13-14/h1-7,12-13H,8-11H2,(H,22,25). The molecule has 3 heterocycles. The highest BCUT2D eigenvalue weighted by atomic mass is 35.5. The van der Waals surface area contributed by atoms with Gasteiger partial charge in [0.1, 0.15) is 4.21 Å². The fourth-order valence-corrected chi connectivity index (χ4v) is 6.93. The molecule has 1 fully saturated rings. The van der Waals surface area contributed by atoms with Crippen LogP contribution in [-0.2, 0) is 10.0 Å². The summed E-state index contributed by atoms with van der Waals surface area (Å²) in [7, 11) is -3.63. The summed E-state index contributed by atoms with van der Waals surface area (Å²) >= 11 is 8.31. The van der Waals surface area contributed by atoms with Crippen molar-refractivity contribution in [1.82, 2.24) is 9.21 Å². The number of halogens is 1. The molecule has 3 aromatic rings. The molecule has 0 saturated carbocycles. The number of hydrogen-bond acceptors (Lipinski definition) is 6.